The minimum Gasteiger partial charge on any atom is -0.351 e. The van der Waals surface area contributed by atoms with Crippen LogP contribution in [0.2, 0.25) is 0 Å². The highest BCUT2D eigenvalue weighted by Crippen LogP contribution is 2.27. The van der Waals surface area contributed by atoms with Crippen LogP contribution in [0.3, 0.4) is 0 Å². The number of aromatic nitrogens is 1. The molecule has 0 bridgehead atoms. The molecule has 2 aromatic heterocycles. The summed E-state index contributed by atoms with van der Waals surface area (Å²) in [4.78, 5) is 34.3. The molecule has 2 aliphatic carbocycles. The predicted octanol–water partition coefficient (Wildman–Crippen LogP) is 5.59. The highest BCUT2D eigenvalue weighted by Gasteiger charge is 2.33. The molecule has 2 aromatic rings. The van der Waals surface area contributed by atoms with E-state index in [0.29, 0.717) is 13.0 Å². The summed E-state index contributed by atoms with van der Waals surface area (Å²) in [5.41, 5.74) is 2.24. The van der Waals surface area contributed by atoms with Crippen molar-refractivity contribution in [2.75, 3.05) is 6.54 Å². The highest BCUT2D eigenvalue weighted by molar-refractivity contribution is 7.10. The second-order valence-corrected chi connectivity index (χ2v) is 10.3. The third-order valence-corrected chi connectivity index (χ3v) is 7.69. The van der Waals surface area contributed by atoms with Crippen molar-refractivity contribution in [2.45, 2.75) is 82.7 Å². The lowest BCUT2D eigenvalue weighted by atomic mass is 9.94. The number of nitrogens with zero attached hydrogens (tertiary/aromatic N) is 2. The smallest absolute Gasteiger partial charge is 0.247 e. The minimum absolute atomic E-state index is 0.00876. The number of hydrogen-bond acceptors (Lipinski definition) is 4. The van der Waals surface area contributed by atoms with Gasteiger partial charge in [-0.2, -0.15) is 0 Å². The first-order valence-corrected chi connectivity index (χ1v) is 13.3. The third kappa shape index (κ3) is 6.76. The van der Waals surface area contributed by atoms with Crippen molar-refractivity contribution in [3.63, 3.8) is 0 Å². The van der Waals surface area contributed by atoms with Crippen LogP contribution in [0, 0.1) is 0 Å². The number of allylic oxidation sites excluding steroid dienone is 1. The van der Waals surface area contributed by atoms with Crippen LogP contribution in [0.15, 0.2) is 53.7 Å². The molecule has 0 spiro atoms. The summed E-state index contributed by atoms with van der Waals surface area (Å²) >= 11 is 1.59. The molecule has 2 aliphatic rings. The van der Waals surface area contributed by atoms with Gasteiger partial charge in [0, 0.05) is 29.9 Å². The van der Waals surface area contributed by atoms with Crippen molar-refractivity contribution in [3.8, 4) is 0 Å². The van der Waals surface area contributed by atoms with Crippen LogP contribution in [-0.2, 0) is 16.0 Å². The predicted molar refractivity (Wildman–Crippen MR) is 133 cm³/mol. The fraction of sp³-hybridized carbons (Fsp3) is 0.519. The fourth-order valence-electron chi connectivity index (χ4n) is 5.00. The van der Waals surface area contributed by atoms with E-state index in [-0.39, 0.29) is 17.9 Å². The van der Waals surface area contributed by atoms with Crippen LogP contribution in [0.5, 0.6) is 0 Å². The molecule has 176 valence electrons. The molecule has 33 heavy (non-hydrogen) atoms. The maximum Gasteiger partial charge on any atom is 0.247 e. The summed E-state index contributed by atoms with van der Waals surface area (Å²) in [6.07, 6.45) is 17.2. The largest absolute Gasteiger partial charge is 0.351 e. The summed E-state index contributed by atoms with van der Waals surface area (Å²) in [5.74, 6) is -0.0558. The molecular weight excluding hydrogens is 430 g/mol. The summed E-state index contributed by atoms with van der Waals surface area (Å²) in [6, 6.07) is 7.28. The van der Waals surface area contributed by atoms with Gasteiger partial charge in [0.15, 0.2) is 0 Å². The molecule has 1 N–H and O–H groups in total. The summed E-state index contributed by atoms with van der Waals surface area (Å²) in [7, 11) is 0. The number of hydrogen-bond donors (Lipinski definition) is 1. The van der Waals surface area contributed by atoms with E-state index in [2.05, 4.69) is 16.4 Å². The number of pyridine rings is 1. The molecule has 0 unspecified atom stereocenters. The molecule has 0 radical (unpaired) electrons. The average Bonchev–Trinajstić information content (AvgIpc) is 3.36. The Morgan fingerprint density at radius 1 is 1.09 bits per heavy atom. The summed E-state index contributed by atoms with van der Waals surface area (Å²) in [5, 5.41) is 5.28. The monoisotopic (exact) mass is 465 g/mol. The normalized spacial score (nSPS) is 17.8. The number of rotatable bonds is 9. The van der Waals surface area contributed by atoms with E-state index >= 15 is 0 Å². The lowest BCUT2D eigenvalue weighted by molar-refractivity contribution is -0.140. The minimum atomic E-state index is -0.633. The first kappa shape index (κ1) is 23.7. The van der Waals surface area contributed by atoms with E-state index in [1.165, 1.54) is 24.8 Å². The van der Waals surface area contributed by atoms with Crippen molar-refractivity contribution < 1.29 is 9.59 Å². The van der Waals surface area contributed by atoms with Crippen molar-refractivity contribution in [2.24, 2.45) is 0 Å². The number of carbonyl (C=O) groups excluding carboxylic acids is 2. The third-order valence-electron chi connectivity index (χ3n) is 6.82. The second-order valence-electron chi connectivity index (χ2n) is 9.23. The Morgan fingerprint density at radius 3 is 2.61 bits per heavy atom. The molecule has 1 fully saturated rings. The lowest BCUT2D eigenvalue weighted by Crippen LogP contribution is -2.47. The van der Waals surface area contributed by atoms with Crippen LogP contribution < -0.4 is 5.32 Å². The lowest BCUT2D eigenvalue weighted by Gasteiger charge is -2.34. The van der Waals surface area contributed by atoms with Crippen molar-refractivity contribution in [1.82, 2.24) is 15.2 Å². The Kier molecular flexibility index (Phi) is 8.70. The maximum absolute atomic E-state index is 13.7. The van der Waals surface area contributed by atoms with E-state index in [0.717, 1.165) is 55.4 Å². The van der Waals surface area contributed by atoms with Crippen molar-refractivity contribution in [3.05, 3.63) is 64.1 Å². The van der Waals surface area contributed by atoms with Crippen LogP contribution >= 0.6 is 11.3 Å². The van der Waals surface area contributed by atoms with E-state index in [9.17, 15) is 9.59 Å². The van der Waals surface area contributed by atoms with Crippen LogP contribution in [0.1, 0.15) is 80.7 Å². The topological polar surface area (TPSA) is 62.3 Å². The first-order chi connectivity index (χ1) is 16.2. The highest BCUT2D eigenvalue weighted by atomic mass is 32.1. The first-order valence-electron chi connectivity index (χ1n) is 12.4. The zero-order valence-electron chi connectivity index (χ0n) is 19.4. The molecule has 2 amide bonds. The average molecular weight is 466 g/mol. The van der Waals surface area contributed by atoms with Crippen molar-refractivity contribution in [1.29, 1.82) is 0 Å². The molecule has 4 rings (SSSR count). The molecule has 6 heteroatoms. The SMILES string of the molecule is O=C(NC1CCCCC1)[C@H](c1ccncc1)N(CCC1=CCCCC1)C(=O)Cc1cccs1. The molecule has 0 saturated heterocycles. The van der Waals surface area contributed by atoms with E-state index in [4.69, 9.17) is 0 Å². The maximum atomic E-state index is 13.7. The summed E-state index contributed by atoms with van der Waals surface area (Å²) < 4.78 is 0. The molecule has 0 aromatic carbocycles. The number of carbonyl (C=O) groups is 2. The molecular formula is C27H35N3O2S. The standard InChI is InChI=1S/C27H35N3O2S/c31-25(20-24-12-7-19-33-24)30(18-15-21-8-3-1-4-9-21)26(22-13-16-28-17-14-22)27(32)29-23-10-5-2-6-11-23/h7-8,12-14,16-17,19,23,26H,1-6,9-11,15,18,20H2,(H,29,32)/t26-/m0/s1. The molecule has 1 saturated carbocycles. The van der Waals surface area contributed by atoms with Gasteiger partial charge in [-0.05, 0) is 74.1 Å². The van der Waals surface area contributed by atoms with Gasteiger partial charge in [0.05, 0.1) is 6.42 Å². The van der Waals surface area contributed by atoms with Gasteiger partial charge in [0.1, 0.15) is 6.04 Å². The Hall–Kier alpha value is -2.47. The van der Waals surface area contributed by atoms with E-state index in [1.54, 1.807) is 23.7 Å². The Morgan fingerprint density at radius 2 is 1.91 bits per heavy atom. The number of nitrogens with one attached hydrogen (secondary N) is 1. The van der Waals surface area contributed by atoms with Gasteiger partial charge in [-0.1, -0.05) is 37.0 Å². The van der Waals surface area contributed by atoms with Crippen LogP contribution in [0.4, 0.5) is 0 Å². The Balaban J connectivity index is 1.59. The van der Waals surface area contributed by atoms with E-state index in [1.807, 2.05) is 34.5 Å². The zero-order valence-corrected chi connectivity index (χ0v) is 20.2. The quantitative estimate of drug-likeness (QED) is 0.491. The Bertz CT molecular complexity index is 920. The van der Waals surface area contributed by atoms with E-state index < -0.39 is 6.04 Å². The fourth-order valence-corrected chi connectivity index (χ4v) is 5.70. The molecule has 1 atom stereocenters. The van der Waals surface area contributed by atoms with Gasteiger partial charge >= 0.3 is 0 Å². The second kappa shape index (κ2) is 12.1. The van der Waals surface area contributed by atoms with Gasteiger partial charge in [-0.25, -0.2) is 0 Å². The van der Waals surface area contributed by atoms with Gasteiger partial charge in [0.2, 0.25) is 11.8 Å². The number of thiophene rings is 1. The van der Waals surface area contributed by atoms with Crippen molar-refractivity contribution >= 4 is 23.2 Å². The van der Waals surface area contributed by atoms with Crippen LogP contribution in [0.25, 0.3) is 0 Å². The van der Waals surface area contributed by atoms with Gasteiger partial charge in [-0.3, -0.25) is 14.6 Å². The Labute approximate surface area is 201 Å². The molecule has 5 nitrogen and oxygen atoms in total. The molecule has 0 aliphatic heterocycles. The van der Waals surface area contributed by atoms with Crippen LogP contribution in [-0.4, -0.2) is 34.3 Å². The van der Waals surface area contributed by atoms with Gasteiger partial charge < -0.3 is 10.2 Å². The van der Waals surface area contributed by atoms with Gasteiger partial charge in [0.25, 0.3) is 0 Å². The zero-order chi connectivity index (χ0) is 22.9. The number of amides is 2. The van der Waals surface area contributed by atoms with Gasteiger partial charge in [-0.15, -0.1) is 11.3 Å². The molecule has 2 heterocycles. The summed E-state index contributed by atoms with van der Waals surface area (Å²) in [6.45, 7) is 0.557.